The highest BCUT2D eigenvalue weighted by atomic mass is 16.6. The molecule has 0 bridgehead atoms. The lowest BCUT2D eigenvalue weighted by molar-refractivity contribution is -0.150. The number of hydrogen-bond acceptors (Lipinski definition) is 3. The van der Waals surface area contributed by atoms with Gasteiger partial charge in [-0.25, -0.2) is 9.59 Å². The average Bonchev–Trinajstić information content (AvgIpc) is 2.45. The van der Waals surface area contributed by atoms with Gasteiger partial charge in [-0.2, -0.15) is 0 Å². The fourth-order valence-corrected chi connectivity index (χ4v) is 1.74. The van der Waals surface area contributed by atoms with Crippen LogP contribution in [0.2, 0.25) is 0 Å². The summed E-state index contributed by atoms with van der Waals surface area (Å²) in [6, 6.07) is 0. The number of ether oxygens (including phenoxy) is 1. The van der Waals surface area contributed by atoms with Crippen LogP contribution in [0.4, 0.5) is 0 Å². The molecule has 2 aliphatic rings. The molecule has 1 aliphatic carbocycles. The van der Waals surface area contributed by atoms with Gasteiger partial charge in [0, 0.05) is 6.08 Å². The van der Waals surface area contributed by atoms with Gasteiger partial charge in [0.05, 0.1) is 5.57 Å². The van der Waals surface area contributed by atoms with Crippen molar-refractivity contribution in [2.24, 2.45) is 0 Å². The summed E-state index contributed by atoms with van der Waals surface area (Å²) in [4.78, 5) is 22.2. The molecule has 0 fully saturated rings. The molecule has 0 aromatic rings. The molecule has 2 rings (SSSR count). The standard InChI is InChI=1S/C12H12O3/c13-11-8-10(12(14)15-11)9-6-4-2-1-3-5-7-9/h2,4,6,8H,1,3,5,7H2. The molecule has 3 heteroatoms. The Morgan fingerprint density at radius 2 is 2.07 bits per heavy atom. The van der Waals surface area contributed by atoms with E-state index >= 15 is 0 Å². The van der Waals surface area contributed by atoms with Crippen LogP contribution in [0.5, 0.6) is 0 Å². The summed E-state index contributed by atoms with van der Waals surface area (Å²) in [5.74, 6) is -1.07. The van der Waals surface area contributed by atoms with E-state index in [0.29, 0.717) is 5.57 Å². The number of allylic oxidation sites excluding steroid dienone is 3. The average molecular weight is 204 g/mol. The number of carbonyl (C=O) groups is 2. The lowest BCUT2D eigenvalue weighted by Crippen LogP contribution is -2.04. The van der Waals surface area contributed by atoms with Gasteiger partial charge in [0.15, 0.2) is 0 Å². The quantitative estimate of drug-likeness (QED) is 0.485. The zero-order valence-electron chi connectivity index (χ0n) is 8.36. The summed E-state index contributed by atoms with van der Waals surface area (Å²) < 4.78 is 4.46. The molecule has 78 valence electrons. The minimum Gasteiger partial charge on any atom is -0.386 e. The van der Waals surface area contributed by atoms with Crippen molar-refractivity contribution < 1.29 is 14.3 Å². The van der Waals surface area contributed by atoms with E-state index in [0.717, 1.165) is 31.3 Å². The number of esters is 2. The molecule has 0 spiro atoms. The summed E-state index contributed by atoms with van der Waals surface area (Å²) in [5, 5.41) is 0. The monoisotopic (exact) mass is 204 g/mol. The fraction of sp³-hybridized carbons (Fsp3) is 0.333. The van der Waals surface area contributed by atoms with E-state index in [1.165, 1.54) is 6.08 Å². The van der Waals surface area contributed by atoms with E-state index in [2.05, 4.69) is 10.8 Å². The summed E-state index contributed by atoms with van der Waals surface area (Å²) in [7, 11) is 0. The first-order valence-electron chi connectivity index (χ1n) is 5.11. The molecule has 0 saturated carbocycles. The van der Waals surface area contributed by atoms with Crippen LogP contribution in [0.3, 0.4) is 0 Å². The zero-order chi connectivity index (χ0) is 10.7. The van der Waals surface area contributed by atoms with Gasteiger partial charge < -0.3 is 4.74 Å². The van der Waals surface area contributed by atoms with E-state index in [1.54, 1.807) is 0 Å². The van der Waals surface area contributed by atoms with Crippen LogP contribution < -0.4 is 0 Å². The number of cyclic esters (lactones) is 2. The summed E-state index contributed by atoms with van der Waals surface area (Å²) >= 11 is 0. The van der Waals surface area contributed by atoms with Crippen molar-refractivity contribution in [2.45, 2.75) is 25.7 Å². The Morgan fingerprint density at radius 1 is 1.20 bits per heavy atom. The Balaban J connectivity index is 2.25. The highest BCUT2D eigenvalue weighted by Gasteiger charge is 2.25. The lowest BCUT2D eigenvalue weighted by Gasteiger charge is -2.07. The SMILES string of the molecule is O=C1C=C(C2=CC=CCCCC2)C(=O)O1. The largest absolute Gasteiger partial charge is 0.386 e. The Morgan fingerprint density at radius 3 is 2.80 bits per heavy atom. The van der Waals surface area contributed by atoms with Gasteiger partial charge in [-0.05, 0) is 31.3 Å². The predicted octanol–water partition coefficient (Wildman–Crippen LogP) is 2.05. The molecule has 0 N–H and O–H groups in total. The minimum atomic E-state index is -0.554. The first-order valence-corrected chi connectivity index (χ1v) is 5.11. The van der Waals surface area contributed by atoms with E-state index in [-0.39, 0.29) is 0 Å². The molecule has 0 unspecified atom stereocenters. The van der Waals surface area contributed by atoms with Crippen LogP contribution in [-0.2, 0) is 14.3 Å². The molecule has 1 heterocycles. The topological polar surface area (TPSA) is 43.4 Å². The molecular weight excluding hydrogens is 192 g/mol. The normalized spacial score (nSPS) is 21.6. The molecule has 0 saturated heterocycles. The third-order valence-electron chi connectivity index (χ3n) is 2.52. The Labute approximate surface area is 88.1 Å². The van der Waals surface area contributed by atoms with Crippen LogP contribution >= 0.6 is 0 Å². The predicted molar refractivity (Wildman–Crippen MR) is 54.9 cm³/mol. The van der Waals surface area contributed by atoms with Crippen molar-refractivity contribution in [1.82, 2.24) is 0 Å². The molecular formula is C12H12O3. The van der Waals surface area contributed by atoms with Crippen LogP contribution in [0, 0.1) is 0 Å². The third kappa shape index (κ3) is 2.24. The maximum Gasteiger partial charge on any atom is 0.346 e. The van der Waals surface area contributed by atoms with Crippen LogP contribution in [0.1, 0.15) is 25.7 Å². The van der Waals surface area contributed by atoms with Gasteiger partial charge in [-0.1, -0.05) is 18.2 Å². The second-order valence-electron chi connectivity index (χ2n) is 3.63. The Hall–Kier alpha value is -1.64. The zero-order valence-corrected chi connectivity index (χ0v) is 8.36. The second kappa shape index (κ2) is 4.26. The number of hydrogen-bond donors (Lipinski definition) is 0. The van der Waals surface area contributed by atoms with Crippen molar-refractivity contribution in [3.8, 4) is 0 Å². The maximum atomic E-state index is 11.3. The fourth-order valence-electron chi connectivity index (χ4n) is 1.74. The Kier molecular flexibility index (Phi) is 2.81. The van der Waals surface area contributed by atoms with Crippen LogP contribution in [-0.4, -0.2) is 11.9 Å². The highest BCUT2D eigenvalue weighted by Crippen LogP contribution is 2.24. The summed E-state index contributed by atoms with van der Waals surface area (Å²) in [5.41, 5.74) is 1.33. The van der Waals surface area contributed by atoms with Gasteiger partial charge in [0.25, 0.3) is 0 Å². The minimum absolute atomic E-state index is 0.423. The van der Waals surface area contributed by atoms with Crippen LogP contribution in [0.25, 0.3) is 0 Å². The van der Waals surface area contributed by atoms with E-state index < -0.39 is 11.9 Å². The van der Waals surface area contributed by atoms with Crippen molar-refractivity contribution >= 4 is 11.9 Å². The molecule has 15 heavy (non-hydrogen) atoms. The third-order valence-corrected chi connectivity index (χ3v) is 2.52. The van der Waals surface area contributed by atoms with Gasteiger partial charge in [0.1, 0.15) is 0 Å². The van der Waals surface area contributed by atoms with Crippen molar-refractivity contribution in [2.75, 3.05) is 0 Å². The Bertz CT molecular complexity index is 386. The van der Waals surface area contributed by atoms with E-state index in [9.17, 15) is 9.59 Å². The van der Waals surface area contributed by atoms with E-state index in [1.807, 2.05) is 12.2 Å². The number of rotatable bonds is 1. The highest BCUT2D eigenvalue weighted by molar-refractivity contribution is 6.11. The molecule has 0 amide bonds. The van der Waals surface area contributed by atoms with E-state index in [4.69, 9.17) is 0 Å². The molecule has 1 aliphatic heterocycles. The van der Waals surface area contributed by atoms with Gasteiger partial charge in [-0.15, -0.1) is 0 Å². The molecule has 0 radical (unpaired) electrons. The van der Waals surface area contributed by atoms with Gasteiger partial charge >= 0.3 is 11.9 Å². The first kappa shape index (κ1) is 9.90. The molecule has 0 aromatic carbocycles. The molecule has 0 atom stereocenters. The maximum absolute atomic E-state index is 11.3. The van der Waals surface area contributed by atoms with Crippen molar-refractivity contribution in [1.29, 1.82) is 0 Å². The number of carbonyl (C=O) groups excluding carboxylic acids is 2. The lowest BCUT2D eigenvalue weighted by atomic mass is 9.97. The molecule has 0 aromatic heterocycles. The van der Waals surface area contributed by atoms with Gasteiger partial charge in [0.2, 0.25) is 0 Å². The summed E-state index contributed by atoms with van der Waals surface area (Å²) in [6.07, 6.45) is 11.2. The van der Waals surface area contributed by atoms with Crippen molar-refractivity contribution in [3.63, 3.8) is 0 Å². The second-order valence-corrected chi connectivity index (χ2v) is 3.63. The first-order chi connectivity index (χ1) is 7.27. The van der Waals surface area contributed by atoms with Crippen LogP contribution in [0.15, 0.2) is 35.5 Å². The van der Waals surface area contributed by atoms with Gasteiger partial charge in [-0.3, -0.25) is 0 Å². The smallest absolute Gasteiger partial charge is 0.346 e. The molecule has 3 nitrogen and oxygen atoms in total. The van der Waals surface area contributed by atoms with Crippen molar-refractivity contribution in [3.05, 3.63) is 35.5 Å². The summed E-state index contributed by atoms with van der Waals surface area (Å²) in [6.45, 7) is 0.